The number of aromatic amines is 1. The summed E-state index contributed by atoms with van der Waals surface area (Å²) in [4.78, 5) is 19.6. The number of carbonyl (C=O) groups is 1. The van der Waals surface area contributed by atoms with Crippen molar-refractivity contribution in [3.63, 3.8) is 0 Å². The number of pyridine rings is 1. The molecule has 3 rings (SSSR count). The van der Waals surface area contributed by atoms with Gasteiger partial charge in [0.25, 0.3) is 0 Å². The van der Waals surface area contributed by atoms with E-state index in [2.05, 4.69) is 25.9 Å². The number of H-pyrrole nitrogens is 1. The van der Waals surface area contributed by atoms with Crippen molar-refractivity contribution in [2.75, 3.05) is 6.61 Å². The van der Waals surface area contributed by atoms with Gasteiger partial charge in [-0.1, -0.05) is 29.3 Å². The van der Waals surface area contributed by atoms with Gasteiger partial charge in [-0.2, -0.15) is 0 Å². The molecular formula is C18H17BrN2O3. The van der Waals surface area contributed by atoms with E-state index in [9.17, 15) is 4.79 Å². The van der Waals surface area contributed by atoms with E-state index < -0.39 is 0 Å². The number of hydrogen-bond donors (Lipinski definition) is 1. The first kappa shape index (κ1) is 16.5. The molecule has 5 nitrogen and oxygen atoms in total. The molecule has 0 bridgehead atoms. The van der Waals surface area contributed by atoms with Crippen molar-refractivity contribution in [1.29, 1.82) is 0 Å². The number of benzene rings is 1. The Hall–Kier alpha value is -2.34. The van der Waals surface area contributed by atoms with Gasteiger partial charge in [-0.05, 0) is 36.8 Å². The predicted octanol–water partition coefficient (Wildman–Crippen LogP) is 5.07. The van der Waals surface area contributed by atoms with E-state index in [0.29, 0.717) is 23.7 Å². The largest absolute Gasteiger partial charge is 0.462 e. The van der Waals surface area contributed by atoms with Crippen molar-refractivity contribution in [1.82, 2.24) is 9.97 Å². The molecule has 0 saturated carbocycles. The second-order valence-corrected chi connectivity index (χ2v) is 6.23. The number of esters is 1. The molecule has 124 valence electrons. The van der Waals surface area contributed by atoms with Crippen LogP contribution in [0.25, 0.3) is 11.0 Å². The Balaban J connectivity index is 1.85. The highest BCUT2D eigenvalue weighted by Crippen LogP contribution is 2.30. The third-order valence-corrected chi connectivity index (χ3v) is 3.99. The van der Waals surface area contributed by atoms with Crippen LogP contribution < -0.4 is 4.74 Å². The number of fused-ring (bicyclic) bond motifs is 1. The molecule has 0 fully saturated rings. The number of hydrogen-bond acceptors (Lipinski definition) is 4. The van der Waals surface area contributed by atoms with Crippen LogP contribution in [0.2, 0.25) is 0 Å². The second kappa shape index (κ2) is 7.49. The van der Waals surface area contributed by atoms with Crippen LogP contribution in [0.4, 0.5) is 0 Å². The summed E-state index contributed by atoms with van der Waals surface area (Å²) in [6, 6.07) is 9.01. The first-order valence-electron chi connectivity index (χ1n) is 7.75. The minimum atomic E-state index is -0.387. The van der Waals surface area contributed by atoms with Crippen LogP contribution in [0.5, 0.6) is 11.5 Å². The lowest BCUT2D eigenvalue weighted by atomic mass is 10.2. The number of nitrogens with zero attached hydrogens (tertiary/aromatic N) is 1. The molecule has 1 N–H and O–H groups in total. The Labute approximate surface area is 148 Å². The van der Waals surface area contributed by atoms with Gasteiger partial charge in [0.15, 0.2) is 0 Å². The summed E-state index contributed by atoms with van der Waals surface area (Å²) in [6.07, 6.45) is 5.24. The molecule has 0 unspecified atom stereocenters. The summed E-state index contributed by atoms with van der Waals surface area (Å²) in [7, 11) is 0. The number of rotatable bonds is 6. The molecule has 0 atom stereocenters. The molecule has 2 aromatic heterocycles. The number of aromatic nitrogens is 2. The molecule has 1 aromatic carbocycles. The topological polar surface area (TPSA) is 64.2 Å². The molecule has 3 aromatic rings. The van der Waals surface area contributed by atoms with Crippen molar-refractivity contribution in [3.05, 3.63) is 52.8 Å². The van der Waals surface area contributed by atoms with Crippen LogP contribution in [-0.2, 0) is 4.74 Å². The van der Waals surface area contributed by atoms with E-state index >= 15 is 0 Å². The van der Waals surface area contributed by atoms with Crippen LogP contribution in [-0.4, -0.2) is 22.5 Å². The van der Waals surface area contributed by atoms with Gasteiger partial charge in [-0.25, -0.2) is 9.78 Å². The van der Waals surface area contributed by atoms with Gasteiger partial charge in [0.05, 0.1) is 12.8 Å². The van der Waals surface area contributed by atoms with E-state index in [0.717, 1.165) is 28.3 Å². The molecule has 6 heteroatoms. The molecule has 0 radical (unpaired) electrons. The highest BCUT2D eigenvalue weighted by Gasteiger charge is 2.15. The first-order chi connectivity index (χ1) is 11.7. The van der Waals surface area contributed by atoms with Crippen molar-refractivity contribution < 1.29 is 14.3 Å². The number of halogens is 1. The van der Waals surface area contributed by atoms with Crippen molar-refractivity contribution >= 4 is 32.9 Å². The summed E-state index contributed by atoms with van der Waals surface area (Å²) in [5.74, 6) is 0.604. The zero-order valence-corrected chi connectivity index (χ0v) is 14.8. The monoisotopic (exact) mass is 388 g/mol. The number of carbonyl (C=O) groups excluding carboxylic acids is 1. The quantitative estimate of drug-likeness (QED) is 0.472. The lowest BCUT2D eigenvalue weighted by Gasteiger charge is -2.11. The molecular weight excluding hydrogens is 372 g/mol. The first-order valence-corrected chi connectivity index (χ1v) is 8.54. The lowest BCUT2D eigenvalue weighted by molar-refractivity contribution is 0.0497. The van der Waals surface area contributed by atoms with Gasteiger partial charge < -0.3 is 14.5 Å². The minimum absolute atomic E-state index is 0.387. The Bertz CT molecular complexity index is 860. The Morgan fingerprint density at radius 2 is 2.17 bits per heavy atom. The summed E-state index contributed by atoms with van der Waals surface area (Å²) in [5.41, 5.74) is 1.18. The smallest absolute Gasteiger partial charge is 0.341 e. The number of unbranched alkanes of at least 4 members (excludes halogenated alkanes) is 1. The zero-order chi connectivity index (χ0) is 16.9. The molecule has 0 aliphatic heterocycles. The number of ether oxygens (including phenoxy) is 2. The Kier molecular flexibility index (Phi) is 5.15. The molecule has 0 aliphatic rings. The van der Waals surface area contributed by atoms with E-state index in [-0.39, 0.29) is 5.97 Å². The molecule has 0 aliphatic carbocycles. The standard InChI is InChI=1S/C18H17BrN2O3/c1-2-3-8-23-18(22)15-5-4-13(19)10-16(15)24-14-9-12-6-7-20-17(12)21-11-14/h4-7,9-11H,2-3,8H2,1H3,(H,20,21). The third-order valence-electron chi connectivity index (χ3n) is 3.50. The lowest BCUT2D eigenvalue weighted by Crippen LogP contribution is -2.08. The van der Waals surface area contributed by atoms with E-state index in [1.54, 1.807) is 24.4 Å². The van der Waals surface area contributed by atoms with Crippen LogP contribution >= 0.6 is 15.9 Å². The molecule has 2 heterocycles. The van der Waals surface area contributed by atoms with Gasteiger partial charge in [-0.15, -0.1) is 0 Å². The summed E-state index contributed by atoms with van der Waals surface area (Å²) >= 11 is 3.40. The second-order valence-electron chi connectivity index (χ2n) is 5.32. The maximum atomic E-state index is 12.3. The molecule has 0 amide bonds. The average molecular weight is 389 g/mol. The molecule has 0 spiro atoms. The Morgan fingerprint density at radius 3 is 3.00 bits per heavy atom. The Morgan fingerprint density at radius 1 is 1.29 bits per heavy atom. The van der Waals surface area contributed by atoms with Crippen LogP contribution in [0.1, 0.15) is 30.1 Å². The summed E-state index contributed by atoms with van der Waals surface area (Å²) < 4.78 is 12.0. The van der Waals surface area contributed by atoms with E-state index in [1.165, 1.54) is 0 Å². The van der Waals surface area contributed by atoms with Crippen LogP contribution in [0, 0.1) is 0 Å². The van der Waals surface area contributed by atoms with Gasteiger partial charge in [0.2, 0.25) is 0 Å². The minimum Gasteiger partial charge on any atom is -0.462 e. The molecule has 24 heavy (non-hydrogen) atoms. The van der Waals surface area contributed by atoms with Crippen LogP contribution in [0.3, 0.4) is 0 Å². The average Bonchev–Trinajstić information content (AvgIpc) is 3.03. The fraction of sp³-hybridized carbons (Fsp3) is 0.222. The maximum Gasteiger partial charge on any atom is 0.341 e. The number of nitrogens with one attached hydrogen (secondary N) is 1. The predicted molar refractivity (Wildman–Crippen MR) is 95.5 cm³/mol. The van der Waals surface area contributed by atoms with Crippen molar-refractivity contribution in [2.24, 2.45) is 0 Å². The fourth-order valence-corrected chi connectivity index (χ4v) is 2.58. The molecule has 0 saturated heterocycles. The zero-order valence-electron chi connectivity index (χ0n) is 13.2. The third kappa shape index (κ3) is 3.76. The van der Waals surface area contributed by atoms with Gasteiger partial charge in [-0.3, -0.25) is 0 Å². The van der Waals surface area contributed by atoms with Gasteiger partial charge in [0, 0.05) is 16.1 Å². The summed E-state index contributed by atoms with van der Waals surface area (Å²) in [5, 5.41) is 0.939. The van der Waals surface area contributed by atoms with Crippen molar-refractivity contribution in [3.8, 4) is 11.5 Å². The maximum absolute atomic E-state index is 12.3. The van der Waals surface area contributed by atoms with Gasteiger partial charge >= 0.3 is 5.97 Å². The SMILES string of the molecule is CCCCOC(=O)c1ccc(Br)cc1Oc1cnc2[nH]ccc2c1. The normalized spacial score (nSPS) is 10.8. The van der Waals surface area contributed by atoms with E-state index in [4.69, 9.17) is 9.47 Å². The fourth-order valence-electron chi connectivity index (χ4n) is 2.24. The van der Waals surface area contributed by atoms with Gasteiger partial charge in [0.1, 0.15) is 22.7 Å². The van der Waals surface area contributed by atoms with Crippen LogP contribution in [0.15, 0.2) is 47.2 Å². The van der Waals surface area contributed by atoms with E-state index in [1.807, 2.05) is 25.3 Å². The highest BCUT2D eigenvalue weighted by atomic mass is 79.9. The highest BCUT2D eigenvalue weighted by molar-refractivity contribution is 9.10. The van der Waals surface area contributed by atoms with Crippen molar-refractivity contribution in [2.45, 2.75) is 19.8 Å². The summed E-state index contributed by atoms with van der Waals surface area (Å²) in [6.45, 7) is 2.45.